The number of carboxylic acid groups (broad SMARTS) is 3. The van der Waals surface area contributed by atoms with E-state index < -0.39 is 36.4 Å². The van der Waals surface area contributed by atoms with Crippen molar-refractivity contribution in [2.24, 2.45) is 0 Å². The van der Waals surface area contributed by atoms with Crippen LogP contribution in [0.2, 0.25) is 0 Å². The summed E-state index contributed by atoms with van der Waals surface area (Å²) >= 11 is 0. The minimum absolute atomic E-state index is 0. The number of carbonyl (C=O) groups is 3. The molecule has 74 valence electrons. The SMILES string of the molecule is O=C([O-])CC(O)(CC(=O)[O-])C(=O)[O-].[Li+].[Li+].[Li+].[Li+]. The molecule has 0 heterocycles. The fourth-order valence-corrected chi connectivity index (χ4v) is 0.684. The summed E-state index contributed by atoms with van der Waals surface area (Å²) in [6.07, 6.45) is -2.72. The van der Waals surface area contributed by atoms with Gasteiger partial charge in [-0.25, -0.2) is 0 Å². The predicted octanol–water partition coefficient (Wildman–Crippen LogP) is -17.2. The molecule has 1 N–H and O–H groups in total. The van der Waals surface area contributed by atoms with E-state index in [-0.39, 0.29) is 75.4 Å². The Balaban J connectivity index is -0.000000120. The van der Waals surface area contributed by atoms with Gasteiger partial charge in [-0.05, 0) is 0 Å². The molecular formula is C6H5Li4O7+. The molecular weight excluding hydrogens is 212 g/mol. The third-order valence-corrected chi connectivity index (χ3v) is 1.25. The van der Waals surface area contributed by atoms with Crippen LogP contribution >= 0.6 is 0 Å². The molecule has 0 saturated heterocycles. The van der Waals surface area contributed by atoms with E-state index in [0.717, 1.165) is 0 Å². The molecule has 11 heteroatoms. The summed E-state index contributed by atoms with van der Waals surface area (Å²) in [6, 6.07) is 0. The third-order valence-electron chi connectivity index (χ3n) is 1.25. The molecule has 0 aromatic carbocycles. The number of rotatable bonds is 5. The second kappa shape index (κ2) is 13.2. The van der Waals surface area contributed by atoms with Crippen molar-refractivity contribution in [3.8, 4) is 0 Å². The normalized spacial score (nSPS) is 8.29. The van der Waals surface area contributed by atoms with Gasteiger partial charge in [0.25, 0.3) is 0 Å². The molecule has 0 aliphatic carbocycles. The summed E-state index contributed by atoms with van der Waals surface area (Å²) in [5, 5.41) is 38.9. The van der Waals surface area contributed by atoms with Crippen molar-refractivity contribution in [1.29, 1.82) is 0 Å². The van der Waals surface area contributed by atoms with Gasteiger partial charge in [0, 0.05) is 24.8 Å². The molecule has 7 nitrogen and oxygen atoms in total. The molecule has 0 fully saturated rings. The van der Waals surface area contributed by atoms with E-state index >= 15 is 0 Å². The Labute approximate surface area is 145 Å². The standard InChI is InChI=1S/C6H8O7.4Li/c7-3(8)1-6(13,5(11)12)2-4(9)10;;;;/h13H,1-2H2,(H,7,8)(H,9,10)(H,11,12);;;;/q;4*+1/p-3. The van der Waals surface area contributed by atoms with Crippen LogP contribution in [-0.4, -0.2) is 28.6 Å². The van der Waals surface area contributed by atoms with Crippen molar-refractivity contribution in [3.63, 3.8) is 0 Å². The third kappa shape index (κ3) is 13.0. The van der Waals surface area contributed by atoms with E-state index in [2.05, 4.69) is 0 Å². The first kappa shape index (κ1) is 30.6. The maximum atomic E-state index is 10.1. The second-order valence-corrected chi connectivity index (χ2v) is 2.42. The van der Waals surface area contributed by atoms with Crippen LogP contribution < -0.4 is 90.8 Å². The number of carboxylic acids is 3. The monoisotopic (exact) mass is 217 g/mol. The first-order valence-corrected chi connectivity index (χ1v) is 3.11. The van der Waals surface area contributed by atoms with Crippen LogP contribution in [0.25, 0.3) is 0 Å². The van der Waals surface area contributed by atoms with Crippen LogP contribution in [0.5, 0.6) is 0 Å². The Hall–Kier alpha value is 0.760. The zero-order valence-electron chi connectivity index (χ0n) is 10.3. The Bertz CT molecular complexity index is 241. The van der Waals surface area contributed by atoms with E-state index in [0.29, 0.717) is 0 Å². The predicted molar refractivity (Wildman–Crippen MR) is 29.2 cm³/mol. The average molecular weight is 217 g/mol. The number of carbonyl (C=O) groups excluding carboxylic acids is 3. The average Bonchev–Trinajstić information content (AvgIpc) is 1.82. The van der Waals surface area contributed by atoms with Crippen molar-refractivity contribution in [2.75, 3.05) is 0 Å². The zero-order valence-corrected chi connectivity index (χ0v) is 10.3. The largest absolute Gasteiger partial charge is 1.00 e. The summed E-state index contributed by atoms with van der Waals surface area (Å²) in [7, 11) is 0. The van der Waals surface area contributed by atoms with E-state index in [9.17, 15) is 29.7 Å². The van der Waals surface area contributed by atoms with Gasteiger partial charge in [0.2, 0.25) is 0 Å². The van der Waals surface area contributed by atoms with Gasteiger partial charge < -0.3 is 34.8 Å². The van der Waals surface area contributed by atoms with Gasteiger partial charge in [-0.15, -0.1) is 0 Å². The van der Waals surface area contributed by atoms with Crippen molar-refractivity contribution >= 4 is 17.9 Å². The first-order valence-electron chi connectivity index (χ1n) is 3.11. The quantitative estimate of drug-likeness (QED) is 0.450. The molecule has 0 rings (SSSR count). The second-order valence-electron chi connectivity index (χ2n) is 2.42. The van der Waals surface area contributed by atoms with E-state index in [4.69, 9.17) is 5.11 Å². The van der Waals surface area contributed by atoms with E-state index in [1.54, 1.807) is 0 Å². The fourth-order valence-electron chi connectivity index (χ4n) is 0.684. The van der Waals surface area contributed by atoms with Gasteiger partial charge in [-0.3, -0.25) is 0 Å². The minimum atomic E-state index is -2.97. The van der Waals surface area contributed by atoms with Gasteiger partial charge in [0.1, 0.15) is 5.60 Å². The van der Waals surface area contributed by atoms with Gasteiger partial charge >= 0.3 is 75.4 Å². The van der Waals surface area contributed by atoms with Crippen LogP contribution in [0.1, 0.15) is 12.8 Å². The number of aliphatic hydroxyl groups is 1. The molecule has 17 heavy (non-hydrogen) atoms. The summed E-state index contributed by atoms with van der Waals surface area (Å²) in [6.45, 7) is 0. The van der Waals surface area contributed by atoms with Crippen LogP contribution in [0.3, 0.4) is 0 Å². The van der Waals surface area contributed by atoms with Crippen LogP contribution in [0, 0.1) is 0 Å². The zero-order chi connectivity index (χ0) is 10.6. The Morgan fingerprint density at radius 3 is 1.18 bits per heavy atom. The van der Waals surface area contributed by atoms with Crippen LogP contribution in [0.4, 0.5) is 0 Å². The maximum Gasteiger partial charge on any atom is 1.00 e. The number of hydrogen-bond acceptors (Lipinski definition) is 7. The summed E-state index contributed by atoms with van der Waals surface area (Å²) in [4.78, 5) is 30.0. The molecule has 0 aliphatic rings. The van der Waals surface area contributed by atoms with Crippen LogP contribution in [-0.2, 0) is 14.4 Å². The smallest absolute Gasteiger partial charge is 0.550 e. The molecule has 0 saturated carbocycles. The topological polar surface area (TPSA) is 141 Å². The molecule has 0 unspecified atom stereocenters. The van der Waals surface area contributed by atoms with E-state index in [1.807, 2.05) is 0 Å². The number of hydrogen-bond donors (Lipinski definition) is 1. The summed E-state index contributed by atoms with van der Waals surface area (Å²) < 4.78 is 0. The van der Waals surface area contributed by atoms with Gasteiger partial charge in [-0.2, -0.15) is 0 Å². The molecule has 0 aromatic rings. The Morgan fingerprint density at radius 1 is 0.824 bits per heavy atom. The van der Waals surface area contributed by atoms with Crippen molar-refractivity contribution in [3.05, 3.63) is 0 Å². The number of aliphatic carboxylic acids is 3. The maximum absolute atomic E-state index is 10.1. The molecule has 0 atom stereocenters. The summed E-state index contributed by atoms with van der Waals surface area (Å²) in [5.74, 6) is -5.98. The molecule has 0 bridgehead atoms. The van der Waals surface area contributed by atoms with Gasteiger partial charge in [0.15, 0.2) is 0 Å². The van der Waals surface area contributed by atoms with Gasteiger partial charge in [-0.1, -0.05) is 0 Å². The van der Waals surface area contributed by atoms with Crippen molar-refractivity contribution in [1.82, 2.24) is 0 Å². The van der Waals surface area contributed by atoms with Crippen LogP contribution in [0.15, 0.2) is 0 Å². The molecule has 0 amide bonds. The van der Waals surface area contributed by atoms with Crippen molar-refractivity contribution < 1.29 is 110 Å². The summed E-state index contributed by atoms with van der Waals surface area (Å²) in [5.41, 5.74) is -2.97. The molecule has 0 aliphatic heterocycles. The minimum Gasteiger partial charge on any atom is -0.550 e. The molecule has 0 aromatic heterocycles. The Morgan fingerprint density at radius 2 is 1.06 bits per heavy atom. The van der Waals surface area contributed by atoms with Crippen molar-refractivity contribution in [2.45, 2.75) is 18.4 Å². The molecule has 0 spiro atoms. The fraction of sp³-hybridized carbons (Fsp3) is 0.500. The van der Waals surface area contributed by atoms with Gasteiger partial charge in [0.05, 0.1) is 5.97 Å². The molecule has 0 radical (unpaired) electrons. The van der Waals surface area contributed by atoms with E-state index in [1.165, 1.54) is 0 Å². The Kier molecular flexibility index (Phi) is 23.8. The first-order chi connectivity index (χ1) is 5.78.